The van der Waals surface area contributed by atoms with E-state index in [9.17, 15) is 4.79 Å². The van der Waals surface area contributed by atoms with Gasteiger partial charge >= 0.3 is 6.09 Å². The second kappa shape index (κ2) is 11.7. The predicted octanol–water partition coefficient (Wildman–Crippen LogP) is 6.65. The van der Waals surface area contributed by atoms with Crippen LogP contribution in [0.3, 0.4) is 0 Å². The first-order valence-electron chi connectivity index (χ1n) is 14.9. The van der Waals surface area contributed by atoms with Crippen LogP contribution < -0.4 is 4.74 Å². The van der Waals surface area contributed by atoms with Gasteiger partial charge < -0.3 is 28.4 Å². The molecule has 0 fully saturated rings. The number of benzene rings is 2. The maximum Gasteiger partial charge on any atom is 0.410 e. The van der Waals surface area contributed by atoms with Gasteiger partial charge in [0, 0.05) is 57.7 Å². The van der Waals surface area contributed by atoms with Gasteiger partial charge in [0.05, 0.1) is 29.1 Å². The Balaban J connectivity index is 1.38. The minimum Gasteiger partial charge on any atom is -0.457 e. The fraction of sp³-hybridized carbons (Fsp3) is 0.324. The third kappa shape index (κ3) is 6.24. The van der Waals surface area contributed by atoms with E-state index in [-0.39, 0.29) is 6.09 Å². The third-order valence-electron chi connectivity index (χ3n) is 7.48. The van der Waals surface area contributed by atoms with Crippen molar-refractivity contribution in [3.63, 3.8) is 0 Å². The van der Waals surface area contributed by atoms with Gasteiger partial charge in [-0.1, -0.05) is 6.08 Å². The summed E-state index contributed by atoms with van der Waals surface area (Å²) in [4.78, 5) is 35.0. The summed E-state index contributed by atoms with van der Waals surface area (Å²) >= 11 is 0. The lowest BCUT2D eigenvalue weighted by Crippen LogP contribution is -2.39. The van der Waals surface area contributed by atoms with Crippen molar-refractivity contribution in [2.75, 3.05) is 27.2 Å². The van der Waals surface area contributed by atoms with Gasteiger partial charge in [-0.2, -0.15) is 0 Å². The Kier molecular flexibility index (Phi) is 7.78. The van der Waals surface area contributed by atoms with Crippen molar-refractivity contribution in [1.82, 2.24) is 33.9 Å². The molecule has 0 saturated heterocycles. The van der Waals surface area contributed by atoms with Crippen molar-refractivity contribution < 1.29 is 14.3 Å². The number of hydrogen-bond acceptors (Lipinski definition) is 7. The van der Waals surface area contributed by atoms with Crippen molar-refractivity contribution in [2.45, 2.75) is 39.7 Å². The van der Waals surface area contributed by atoms with Crippen LogP contribution in [0, 0.1) is 6.92 Å². The highest BCUT2D eigenvalue weighted by atomic mass is 16.6. The van der Waals surface area contributed by atoms with Crippen molar-refractivity contribution >= 4 is 45.9 Å². The predicted molar refractivity (Wildman–Crippen MR) is 177 cm³/mol. The highest BCUT2D eigenvalue weighted by molar-refractivity contribution is 5.99. The van der Waals surface area contributed by atoms with Crippen molar-refractivity contribution in [1.29, 1.82) is 0 Å². The minimum absolute atomic E-state index is 0.327. The fourth-order valence-electron chi connectivity index (χ4n) is 5.38. The Morgan fingerprint density at radius 3 is 2.67 bits per heavy atom. The minimum atomic E-state index is -0.574. The molecule has 4 heterocycles. The number of rotatable bonds is 6. The van der Waals surface area contributed by atoms with E-state index in [2.05, 4.69) is 33.3 Å². The topological polar surface area (TPSA) is 103 Å². The molecule has 0 bridgehead atoms. The molecule has 0 radical (unpaired) electrons. The second-order valence-electron chi connectivity index (χ2n) is 12.5. The van der Waals surface area contributed by atoms with Gasteiger partial charge in [0.2, 0.25) is 0 Å². The van der Waals surface area contributed by atoms with E-state index >= 15 is 0 Å². The van der Waals surface area contributed by atoms with Crippen molar-refractivity contribution in [2.24, 2.45) is 12.0 Å². The number of carbonyl (C=O) groups is 1. The van der Waals surface area contributed by atoms with Gasteiger partial charge in [-0.05, 0) is 75.6 Å². The van der Waals surface area contributed by atoms with E-state index in [1.54, 1.807) is 17.6 Å². The summed E-state index contributed by atoms with van der Waals surface area (Å²) in [6.45, 7) is 8.66. The molecule has 0 spiro atoms. The summed E-state index contributed by atoms with van der Waals surface area (Å²) in [5.74, 6) is 2.03. The summed E-state index contributed by atoms with van der Waals surface area (Å²) in [7, 11) is 5.80. The standard InChI is InChI=1S/C34H38N8O3/c1-22-15-24(10-13-29(22)44-25-11-12-28-27(16-25)37-21-40(28)7)42-18-26(30-31(38-20-39(5)6)35-19-36-32(30)42)23-9-8-14-41(17-23)33(43)45-34(2,3)4/h9-13,15-16,18-21H,8,14,17H2,1-7H3. The largest absolute Gasteiger partial charge is 0.457 e. The van der Waals surface area contributed by atoms with Gasteiger partial charge in [0.25, 0.3) is 0 Å². The average molecular weight is 607 g/mol. The summed E-state index contributed by atoms with van der Waals surface area (Å²) in [6, 6.07) is 12.0. The number of amides is 1. The summed E-state index contributed by atoms with van der Waals surface area (Å²) in [5, 5.41) is 0.814. The van der Waals surface area contributed by atoms with Gasteiger partial charge in [-0.15, -0.1) is 0 Å². The highest BCUT2D eigenvalue weighted by Gasteiger charge is 2.27. The molecule has 0 unspecified atom stereocenters. The van der Waals surface area contributed by atoms with E-state index < -0.39 is 5.60 Å². The zero-order valence-electron chi connectivity index (χ0n) is 26.8. The van der Waals surface area contributed by atoms with Crippen LogP contribution in [0.1, 0.15) is 38.3 Å². The molecule has 5 aromatic rings. The number of aliphatic imine (C=N–C) groups is 1. The molecule has 11 heteroatoms. The maximum absolute atomic E-state index is 13.0. The van der Waals surface area contributed by atoms with Gasteiger partial charge in [0.15, 0.2) is 11.5 Å². The van der Waals surface area contributed by atoms with Crippen LogP contribution in [-0.4, -0.2) is 79.1 Å². The summed E-state index contributed by atoms with van der Waals surface area (Å²) < 4.78 is 16.0. The summed E-state index contributed by atoms with van der Waals surface area (Å²) in [5.41, 5.74) is 5.86. The summed E-state index contributed by atoms with van der Waals surface area (Å²) in [6.07, 6.45) is 9.67. The number of ether oxygens (including phenoxy) is 2. The van der Waals surface area contributed by atoms with Crippen LogP contribution in [0.15, 0.2) is 66.3 Å². The highest BCUT2D eigenvalue weighted by Crippen LogP contribution is 2.37. The molecule has 0 saturated carbocycles. The van der Waals surface area contributed by atoms with E-state index in [1.165, 1.54) is 6.33 Å². The first-order chi connectivity index (χ1) is 21.5. The van der Waals surface area contributed by atoms with Crippen LogP contribution in [0.25, 0.3) is 33.3 Å². The SMILES string of the molecule is Cc1cc(-n2cc(C3=CCCN(C(=O)OC(C)(C)C)C3)c3c(N=CN(C)C)ncnc32)ccc1Oc1ccc2c(c1)ncn2C. The third-order valence-corrected chi connectivity index (χ3v) is 7.48. The Labute approximate surface area is 262 Å². The molecule has 0 aliphatic carbocycles. The van der Waals surface area contributed by atoms with E-state index in [0.717, 1.165) is 56.0 Å². The lowest BCUT2D eigenvalue weighted by molar-refractivity contribution is 0.0273. The fourth-order valence-corrected chi connectivity index (χ4v) is 5.38. The van der Waals surface area contributed by atoms with Gasteiger partial charge in [0.1, 0.15) is 23.4 Å². The first kappa shape index (κ1) is 29.9. The van der Waals surface area contributed by atoms with Crippen LogP contribution in [0.2, 0.25) is 0 Å². The number of aryl methyl sites for hydroxylation is 2. The molecule has 232 valence electrons. The van der Waals surface area contributed by atoms with Gasteiger partial charge in [-0.3, -0.25) is 0 Å². The number of fused-ring (bicyclic) bond motifs is 2. The van der Waals surface area contributed by atoms with Gasteiger partial charge in [-0.25, -0.2) is 24.7 Å². The van der Waals surface area contributed by atoms with E-state index in [1.807, 2.05) is 93.2 Å². The quantitative estimate of drug-likeness (QED) is 0.157. The first-order valence-corrected chi connectivity index (χ1v) is 14.9. The molecule has 3 aromatic heterocycles. The van der Waals surface area contributed by atoms with E-state index in [4.69, 9.17) is 14.5 Å². The number of nitrogens with zero attached hydrogens (tertiary/aromatic N) is 8. The second-order valence-corrected chi connectivity index (χ2v) is 12.5. The van der Waals surface area contributed by atoms with Crippen LogP contribution in [-0.2, 0) is 11.8 Å². The molecule has 45 heavy (non-hydrogen) atoms. The number of aromatic nitrogens is 5. The molecule has 2 aromatic carbocycles. The lowest BCUT2D eigenvalue weighted by atomic mass is 10.0. The molecule has 0 N–H and O–H groups in total. The van der Waals surface area contributed by atoms with Crippen LogP contribution >= 0.6 is 0 Å². The molecule has 1 amide bonds. The Morgan fingerprint density at radius 1 is 1.09 bits per heavy atom. The molecule has 0 atom stereocenters. The smallest absolute Gasteiger partial charge is 0.410 e. The number of imidazole rings is 1. The number of hydrogen-bond donors (Lipinski definition) is 0. The molecule has 11 nitrogen and oxygen atoms in total. The Bertz CT molecular complexity index is 1960. The van der Waals surface area contributed by atoms with Crippen LogP contribution in [0.4, 0.5) is 10.6 Å². The van der Waals surface area contributed by atoms with Crippen LogP contribution in [0.5, 0.6) is 11.5 Å². The lowest BCUT2D eigenvalue weighted by Gasteiger charge is -2.30. The molecule has 1 aliphatic rings. The van der Waals surface area contributed by atoms with Crippen molar-refractivity contribution in [3.05, 3.63) is 72.5 Å². The van der Waals surface area contributed by atoms with E-state index in [0.29, 0.717) is 25.3 Å². The molecular formula is C34H38N8O3. The molecular weight excluding hydrogens is 568 g/mol. The Hall–Kier alpha value is -5.19. The molecule has 1 aliphatic heterocycles. The molecule has 6 rings (SSSR count). The zero-order chi connectivity index (χ0) is 31.9. The Morgan fingerprint density at radius 2 is 1.91 bits per heavy atom. The zero-order valence-corrected chi connectivity index (χ0v) is 26.8. The monoisotopic (exact) mass is 606 g/mol. The number of carbonyl (C=O) groups excluding carboxylic acids is 1. The van der Waals surface area contributed by atoms with Crippen molar-refractivity contribution in [3.8, 4) is 17.2 Å². The maximum atomic E-state index is 13.0. The normalized spacial score (nSPS) is 13.9. The average Bonchev–Trinajstić information content (AvgIpc) is 3.57.